The Hall–Kier alpha value is -1.54. The highest BCUT2D eigenvalue weighted by Gasteiger charge is 2.30. The van der Waals surface area contributed by atoms with Crippen molar-refractivity contribution in [3.8, 4) is 11.5 Å². The van der Waals surface area contributed by atoms with Crippen molar-refractivity contribution in [1.82, 2.24) is 4.90 Å². The molecular formula is C19H25ClN2O5. The third kappa shape index (κ3) is 4.66. The minimum Gasteiger partial charge on any atom is -0.490 e. The number of amides is 1. The molecule has 0 saturated carbocycles. The number of nitrogens with zero attached hydrogens (tertiary/aromatic N) is 1. The van der Waals surface area contributed by atoms with Crippen LogP contribution in [0, 0.1) is 5.92 Å². The fourth-order valence-corrected chi connectivity index (χ4v) is 3.91. The molecule has 8 heteroatoms. The SMILES string of the molecule is O=C(CN1CCC(C2OCCO2)CC1)Nc1cc2c(cc1Cl)OCCCO2. The van der Waals surface area contributed by atoms with Crippen LogP contribution in [-0.2, 0) is 14.3 Å². The maximum atomic E-state index is 12.5. The molecule has 0 atom stereocenters. The normalized spacial score (nSPS) is 21.8. The Labute approximate surface area is 163 Å². The van der Waals surface area contributed by atoms with Crippen LogP contribution in [0.25, 0.3) is 0 Å². The molecule has 3 aliphatic rings. The Bertz CT molecular complexity index is 672. The average molecular weight is 397 g/mol. The van der Waals surface area contributed by atoms with Gasteiger partial charge in [0.05, 0.1) is 43.7 Å². The summed E-state index contributed by atoms with van der Waals surface area (Å²) in [6.45, 7) is 4.61. The lowest BCUT2D eigenvalue weighted by atomic mass is 9.96. The molecule has 4 rings (SSSR count). The van der Waals surface area contributed by atoms with Crippen molar-refractivity contribution in [2.24, 2.45) is 5.92 Å². The van der Waals surface area contributed by atoms with Gasteiger partial charge >= 0.3 is 0 Å². The number of fused-ring (bicyclic) bond motifs is 1. The first-order valence-electron chi connectivity index (χ1n) is 9.53. The molecule has 0 aromatic heterocycles. The van der Waals surface area contributed by atoms with Gasteiger partial charge in [-0.15, -0.1) is 0 Å². The van der Waals surface area contributed by atoms with E-state index in [1.54, 1.807) is 12.1 Å². The zero-order chi connectivity index (χ0) is 18.6. The van der Waals surface area contributed by atoms with Crippen LogP contribution < -0.4 is 14.8 Å². The summed E-state index contributed by atoms with van der Waals surface area (Å²) in [7, 11) is 0. The van der Waals surface area contributed by atoms with Crippen LogP contribution in [0.15, 0.2) is 12.1 Å². The number of hydrogen-bond donors (Lipinski definition) is 1. The zero-order valence-corrected chi connectivity index (χ0v) is 16.0. The number of nitrogens with one attached hydrogen (secondary N) is 1. The highest BCUT2D eigenvalue weighted by Crippen LogP contribution is 2.37. The summed E-state index contributed by atoms with van der Waals surface area (Å²) in [6.07, 6.45) is 2.70. The molecule has 0 bridgehead atoms. The summed E-state index contributed by atoms with van der Waals surface area (Å²) >= 11 is 6.30. The van der Waals surface area contributed by atoms with Crippen molar-refractivity contribution in [1.29, 1.82) is 0 Å². The zero-order valence-electron chi connectivity index (χ0n) is 15.2. The minimum absolute atomic E-state index is 0.0680. The molecule has 3 aliphatic heterocycles. The van der Waals surface area contributed by atoms with Gasteiger partial charge in [-0.2, -0.15) is 0 Å². The summed E-state index contributed by atoms with van der Waals surface area (Å²) in [5, 5.41) is 3.34. The maximum absolute atomic E-state index is 12.5. The van der Waals surface area contributed by atoms with Crippen LogP contribution in [0.5, 0.6) is 11.5 Å². The number of hydrogen-bond acceptors (Lipinski definition) is 6. The number of ether oxygens (including phenoxy) is 4. The Morgan fingerprint density at radius 1 is 1.07 bits per heavy atom. The van der Waals surface area contributed by atoms with Crippen molar-refractivity contribution < 1.29 is 23.7 Å². The quantitative estimate of drug-likeness (QED) is 0.843. The molecule has 1 amide bonds. The van der Waals surface area contributed by atoms with E-state index in [9.17, 15) is 4.79 Å². The first-order chi connectivity index (χ1) is 13.2. The summed E-state index contributed by atoms with van der Waals surface area (Å²) in [6, 6.07) is 3.44. The van der Waals surface area contributed by atoms with Crippen molar-refractivity contribution in [2.45, 2.75) is 25.6 Å². The van der Waals surface area contributed by atoms with E-state index in [1.165, 1.54) is 0 Å². The second kappa shape index (κ2) is 8.65. The number of carbonyl (C=O) groups is 1. The Balaban J connectivity index is 1.30. The van der Waals surface area contributed by atoms with E-state index in [-0.39, 0.29) is 12.2 Å². The lowest BCUT2D eigenvalue weighted by Gasteiger charge is -2.33. The van der Waals surface area contributed by atoms with Gasteiger partial charge in [0.2, 0.25) is 5.91 Å². The van der Waals surface area contributed by atoms with Gasteiger partial charge in [-0.3, -0.25) is 9.69 Å². The molecule has 1 aromatic carbocycles. The van der Waals surface area contributed by atoms with Crippen molar-refractivity contribution in [3.63, 3.8) is 0 Å². The van der Waals surface area contributed by atoms with E-state index in [0.29, 0.717) is 61.1 Å². The lowest BCUT2D eigenvalue weighted by molar-refractivity contribution is -0.119. The molecule has 0 unspecified atom stereocenters. The van der Waals surface area contributed by atoms with Crippen LogP contribution in [0.2, 0.25) is 5.02 Å². The van der Waals surface area contributed by atoms with E-state index in [1.807, 2.05) is 0 Å². The van der Waals surface area contributed by atoms with Gasteiger partial charge in [0, 0.05) is 24.5 Å². The highest BCUT2D eigenvalue weighted by molar-refractivity contribution is 6.34. The smallest absolute Gasteiger partial charge is 0.238 e. The number of rotatable bonds is 4. The van der Waals surface area contributed by atoms with Crippen LogP contribution in [0.1, 0.15) is 19.3 Å². The average Bonchev–Trinajstić information content (AvgIpc) is 3.10. The standard InChI is InChI=1S/C19H25ClN2O5/c20-14-10-16-17(25-7-1-6-24-16)11-15(14)21-18(23)12-22-4-2-13(3-5-22)19-26-8-9-27-19/h10-11,13,19H,1-9,12H2,(H,21,23). The van der Waals surface area contributed by atoms with Crippen molar-refractivity contribution >= 4 is 23.2 Å². The molecule has 1 aromatic rings. The van der Waals surface area contributed by atoms with Gasteiger partial charge in [-0.05, 0) is 25.9 Å². The topological polar surface area (TPSA) is 69.3 Å². The van der Waals surface area contributed by atoms with E-state index >= 15 is 0 Å². The molecule has 27 heavy (non-hydrogen) atoms. The predicted molar refractivity (Wildman–Crippen MR) is 101 cm³/mol. The van der Waals surface area contributed by atoms with Gasteiger partial charge in [-0.25, -0.2) is 0 Å². The van der Waals surface area contributed by atoms with Gasteiger partial charge in [0.15, 0.2) is 17.8 Å². The monoisotopic (exact) mass is 396 g/mol. The minimum atomic E-state index is -0.0850. The molecule has 2 saturated heterocycles. The number of anilines is 1. The van der Waals surface area contributed by atoms with Crippen molar-refractivity contribution in [2.75, 3.05) is 51.4 Å². The second-order valence-electron chi connectivity index (χ2n) is 7.10. The van der Waals surface area contributed by atoms with Crippen LogP contribution in [0.4, 0.5) is 5.69 Å². The fraction of sp³-hybridized carbons (Fsp3) is 0.632. The third-order valence-electron chi connectivity index (χ3n) is 5.14. The number of likely N-dealkylation sites (tertiary alicyclic amines) is 1. The van der Waals surface area contributed by atoms with E-state index in [0.717, 1.165) is 32.4 Å². The summed E-state index contributed by atoms with van der Waals surface area (Å²) in [5.41, 5.74) is 0.550. The van der Waals surface area contributed by atoms with Gasteiger partial charge < -0.3 is 24.3 Å². The largest absolute Gasteiger partial charge is 0.490 e. The van der Waals surface area contributed by atoms with Crippen LogP contribution >= 0.6 is 11.6 Å². The fourth-order valence-electron chi connectivity index (χ4n) is 3.70. The molecular weight excluding hydrogens is 372 g/mol. The Kier molecular flexibility index (Phi) is 6.02. The van der Waals surface area contributed by atoms with Crippen molar-refractivity contribution in [3.05, 3.63) is 17.2 Å². The first kappa shape index (κ1) is 18.8. The molecule has 148 valence electrons. The summed E-state index contributed by atoms with van der Waals surface area (Å²) in [5.74, 6) is 1.57. The number of halogens is 1. The van der Waals surface area contributed by atoms with Gasteiger partial charge in [-0.1, -0.05) is 11.6 Å². The third-order valence-corrected chi connectivity index (χ3v) is 5.46. The van der Waals surface area contributed by atoms with Gasteiger partial charge in [0.25, 0.3) is 0 Å². The highest BCUT2D eigenvalue weighted by atomic mass is 35.5. The van der Waals surface area contributed by atoms with E-state index in [4.69, 9.17) is 30.5 Å². The maximum Gasteiger partial charge on any atom is 0.238 e. The van der Waals surface area contributed by atoms with Crippen LogP contribution in [0.3, 0.4) is 0 Å². The molecule has 3 heterocycles. The molecule has 7 nitrogen and oxygen atoms in total. The summed E-state index contributed by atoms with van der Waals surface area (Å²) in [4.78, 5) is 14.6. The van der Waals surface area contributed by atoms with Gasteiger partial charge in [0.1, 0.15) is 0 Å². The number of carbonyl (C=O) groups excluding carboxylic acids is 1. The molecule has 0 aliphatic carbocycles. The van der Waals surface area contributed by atoms with E-state index < -0.39 is 0 Å². The molecule has 1 N–H and O–H groups in total. The molecule has 0 spiro atoms. The predicted octanol–water partition coefficient (Wildman–Crippen LogP) is 2.52. The van der Waals surface area contributed by atoms with E-state index in [2.05, 4.69) is 10.2 Å². The lowest BCUT2D eigenvalue weighted by Crippen LogP contribution is -2.41. The first-order valence-corrected chi connectivity index (χ1v) is 9.91. The van der Waals surface area contributed by atoms with Crippen LogP contribution in [-0.4, -0.2) is 63.2 Å². The molecule has 0 radical (unpaired) electrons. The molecule has 2 fully saturated rings. The summed E-state index contributed by atoms with van der Waals surface area (Å²) < 4.78 is 22.5. The second-order valence-corrected chi connectivity index (χ2v) is 7.51. The Morgan fingerprint density at radius 2 is 1.74 bits per heavy atom. The number of piperidine rings is 1. The Morgan fingerprint density at radius 3 is 2.44 bits per heavy atom. The number of benzene rings is 1.